The Bertz CT molecular complexity index is 534. The van der Waals surface area contributed by atoms with Crippen LogP contribution in [0.4, 0.5) is 15.0 Å². The van der Waals surface area contributed by atoms with Gasteiger partial charge in [-0.25, -0.2) is 24.1 Å². The number of likely N-dealkylation sites (N-methyl/N-ethyl adjacent to an activating group) is 1. The molecule has 2 amide bonds. The summed E-state index contributed by atoms with van der Waals surface area (Å²) in [6.07, 6.45) is -0.841. The van der Waals surface area contributed by atoms with E-state index in [0.717, 1.165) is 4.90 Å². The quantitative estimate of drug-likeness (QED) is 0.904. The Morgan fingerprint density at radius 3 is 2.71 bits per heavy atom. The minimum atomic E-state index is -1.67. The number of aromatic nitrogens is 2. The SMILES string of the molecule is CCO[C@@H]1C(O)N(c2cc(C(C)(C)F)ncn2)C(=O)N1C. The molecule has 1 N–H and O–H groups in total. The smallest absolute Gasteiger partial charge is 0.329 e. The Hall–Kier alpha value is -1.80. The third-order valence-electron chi connectivity index (χ3n) is 3.26. The maximum atomic E-state index is 14.0. The number of nitrogens with zero attached hydrogens (tertiary/aromatic N) is 4. The molecule has 7 nitrogen and oxygen atoms in total. The molecular formula is C13H19FN4O3. The maximum Gasteiger partial charge on any atom is 0.329 e. The van der Waals surface area contributed by atoms with Gasteiger partial charge >= 0.3 is 6.03 Å². The van der Waals surface area contributed by atoms with Gasteiger partial charge in [0.2, 0.25) is 0 Å². The number of rotatable bonds is 4. The van der Waals surface area contributed by atoms with Crippen molar-refractivity contribution in [2.75, 3.05) is 18.6 Å². The number of amides is 2. The number of anilines is 1. The van der Waals surface area contributed by atoms with Crippen molar-refractivity contribution in [3.63, 3.8) is 0 Å². The van der Waals surface area contributed by atoms with Crippen LogP contribution in [0.5, 0.6) is 0 Å². The van der Waals surface area contributed by atoms with Crippen LogP contribution in [0.25, 0.3) is 0 Å². The van der Waals surface area contributed by atoms with Crippen LogP contribution in [-0.2, 0) is 10.4 Å². The fraction of sp³-hybridized carbons (Fsp3) is 0.615. The van der Waals surface area contributed by atoms with Gasteiger partial charge in [0.25, 0.3) is 0 Å². The van der Waals surface area contributed by atoms with Crippen LogP contribution >= 0.6 is 0 Å². The van der Waals surface area contributed by atoms with Crippen LogP contribution in [0, 0.1) is 0 Å². The van der Waals surface area contributed by atoms with Gasteiger partial charge in [0.05, 0.1) is 5.69 Å². The van der Waals surface area contributed by atoms with E-state index in [1.807, 2.05) is 0 Å². The largest absolute Gasteiger partial charge is 0.369 e. The van der Waals surface area contributed by atoms with Crippen molar-refractivity contribution < 1.29 is 19.0 Å². The summed E-state index contributed by atoms with van der Waals surface area (Å²) in [6.45, 7) is 4.83. The Labute approximate surface area is 122 Å². The number of aliphatic hydroxyl groups excluding tert-OH is 1. The second-order valence-electron chi connectivity index (χ2n) is 5.26. The van der Waals surface area contributed by atoms with Crippen molar-refractivity contribution >= 4 is 11.8 Å². The van der Waals surface area contributed by atoms with E-state index in [1.54, 1.807) is 6.92 Å². The number of aliphatic hydroxyl groups is 1. The van der Waals surface area contributed by atoms with E-state index >= 15 is 0 Å². The van der Waals surface area contributed by atoms with Gasteiger partial charge in [-0.15, -0.1) is 0 Å². The predicted molar refractivity (Wildman–Crippen MR) is 73.2 cm³/mol. The Morgan fingerprint density at radius 1 is 1.48 bits per heavy atom. The van der Waals surface area contributed by atoms with Gasteiger partial charge in [-0.05, 0) is 20.8 Å². The lowest BCUT2D eigenvalue weighted by Crippen LogP contribution is -2.38. The van der Waals surface area contributed by atoms with Crippen molar-refractivity contribution in [2.24, 2.45) is 0 Å². The standard InChI is InChI=1S/C13H19FN4O3/c1-5-21-11-10(19)18(12(20)17(11)4)9-6-8(13(2,3)14)15-7-16-9/h6-7,10-11,19H,5H2,1-4H3/t10?,11-/m1/s1. The van der Waals surface area contributed by atoms with Crippen molar-refractivity contribution in [1.82, 2.24) is 14.9 Å². The molecule has 1 aromatic heterocycles. The molecule has 1 aliphatic rings. The third-order valence-corrected chi connectivity index (χ3v) is 3.26. The van der Waals surface area contributed by atoms with Crippen molar-refractivity contribution in [2.45, 2.75) is 38.9 Å². The van der Waals surface area contributed by atoms with Crippen molar-refractivity contribution in [3.8, 4) is 0 Å². The molecule has 1 unspecified atom stereocenters. The topological polar surface area (TPSA) is 78.8 Å². The number of carbonyl (C=O) groups excluding carboxylic acids is 1. The molecule has 0 aromatic carbocycles. The Morgan fingerprint density at radius 2 is 2.14 bits per heavy atom. The third kappa shape index (κ3) is 2.81. The van der Waals surface area contributed by atoms with Crippen LogP contribution in [-0.4, -0.2) is 52.1 Å². The first-order valence-electron chi connectivity index (χ1n) is 6.64. The number of halogens is 1. The lowest BCUT2D eigenvalue weighted by molar-refractivity contribution is -0.0688. The van der Waals surface area contributed by atoms with Gasteiger partial charge in [0.1, 0.15) is 17.8 Å². The van der Waals surface area contributed by atoms with E-state index in [4.69, 9.17) is 4.74 Å². The second kappa shape index (κ2) is 5.53. The maximum absolute atomic E-state index is 14.0. The molecule has 8 heteroatoms. The predicted octanol–water partition coefficient (Wildman–Crippen LogP) is 1.23. The number of urea groups is 1. The van der Waals surface area contributed by atoms with Crippen molar-refractivity contribution in [1.29, 1.82) is 0 Å². The molecule has 116 valence electrons. The van der Waals surface area contributed by atoms with Crippen LogP contribution in [0.2, 0.25) is 0 Å². The number of hydrogen-bond acceptors (Lipinski definition) is 5. The molecule has 1 saturated heterocycles. The van der Waals surface area contributed by atoms with Crippen molar-refractivity contribution in [3.05, 3.63) is 18.1 Å². The van der Waals surface area contributed by atoms with Crippen LogP contribution < -0.4 is 4.90 Å². The highest BCUT2D eigenvalue weighted by atomic mass is 19.1. The highest BCUT2D eigenvalue weighted by Crippen LogP contribution is 2.29. The summed E-state index contributed by atoms with van der Waals surface area (Å²) in [6, 6.07) is 0.880. The molecule has 0 radical (unpaired) electrons. The fourth-order valence-corrected chi connectivity index (χ4v) is 2.13. The molecule has 21 heavy (non-hydrogen) atoms. The first-order chi connectivity index (χ1) is 9.77. The summed E-state index contributed by atoms with van der Waals surface area (Å²) >= 11 is 0. The molecule has 0 spiro atoms. The summed E-state index contributed by atoms with van der Waals surface area (Å²) in [5.74, 6) is 0.136. The van der Waals surface area contributed by atoms with E-state index < -0.39 is 24.2 Å². The van der Waals surface area contributed by atoms with Gasteiger partial charge in [-0.3, -0.25) is 4.90 Å². The number of ether oxygens (including phenoxy) is 1. The molecule has 0 aliphatic carbocycles. The normalized spacial score (nSPS) is 23.0. The van der Waals surface area contributed by atoms with Gasteiger partial charge in [-0.2, -0.15) is 0 Å². The summed E-state index contributed by atoms with van der Waals surface area (Å²) in [7, 11) is 1.52. The minimum Gasteiger partial charge on any atom is -0.369 e. The minimum absolute atomic E-state index is 0.134. The summed E-state index contributed by atoms with van der Waals surface area (Å²) in [5, 5.41) is 10.3. The van der Waals surface area contributed by atoms with Crippen LogP contribution in [0.1, 0.15) is 26.5 Å². The van der Waals surface area contributed by atoms with Gasteiger partial charge in [0, 0.05) is 19.7 Å². The monoisotopic (exact) mass is 298 g/mol. The van der Waals surface area contributed by atoms with Crippen LogP contribution in [0.15, 0.2) is 12.4 Å². The Balaban J connectivity index is 2.36. The molecule has 1 aromatic rings. The lowest BCUT2D eigenvalue weighted by Gasteiger charge is -2.22. The molecule has 0 saturated carbocycles. The molecular weight excluding hydrogens is 279 g/mol. The van der Waals surface area contributed by atoms with Gasteiger partial charge in [0.15, 0.2) is 12.5 Å². The van der Waals surface area contributed by atoms with E-state index in [1.165, 1.54) is 38.2 Å². The molecule has 0 bridgehead atoms. The Kier molecular flexibility index (Phi) is 4.11. The first-order valence-corrected chi connectivity index (χ1v) is 6.64. The molecule has 1 aliphatic heterocycles. The summed E-state index contributed by atoms with van der Waals surface area (Å²) in [5.41, 5.74) is -1.54. The molecule has 2 atom stereocenters. The highest BCUT2D eigenvalue weighted by molar-refractivity contribution is 5.93. The lowest BCUT2D eigenvalue weighted by atomic mass is 10.1. The molecule has 2 heterocycles. The van der Waals surface area contributed by atoms with Gasteiger partial charge < -0.3 is 9.84 Å². The van der Waals surface area contributed by atoms with E-state index in [9.17, 15) is 14.3 Å². The average molecular weight is 298 g/mol. The average Bonchev–Trinajstić information content (AvgIpc) is 2.62. The van der Waals surface area contributed by atoms with E-state index in [-0.39, 0.29) is 11.5 Å². The van der Waals surface area contributed by atoms with E-state index in [2.05, 4.69) is 9.97 Å². The molecule has 1 fully saturated rings. The summed E-state index contributed by atoms with van der Waals surface area (Å²) < 4.78 is 19.3. The molecule has 2 rings (SSSR count). The first kappa shape index (κ1) is 15.6. The zero-order chi connectivity index (χ0) is 15.8. The number of hydrogen-bond donors (Lipinski definition) is 1. The van der Waals surface area contributed by atoms with Crippen LogP contribution in [0.3, 0.4) is 0 Å². The zero-order valence-electron chi connectivity index (χ0n) is 12.4. The number of alkyl halides is 1. The van der Waals surface area contributed by atoms with Gasteiger partial charge in [-0.1, -0.05) is 0 Å². The fourth-order valence-electron chi connectivity index (χ4n) is 2.13. The van der Waals surface area contributed by atoms with E-state index in [0.29, 0.717) is 6.61 Å². The highest BCUT2D eigenvalue weighted by Gasteiger charge is 2.45. The second-order valence-corrected chi connectivity index (χ2v) is 5.26. The zero-order valence-corrected chi connectivity index (χ0v) is 12.4. The number of carbonyl (C=O) groups is 1. The summed E-state index contributed by atoms with van der Waals surface area (Å²) in [4.78, 5) is 22.4.